The maximum Gasteiger partial charge on any atom is 0.303 e. The second-order valence-corrected chi connectivity index (χ2v) is 7.25. The molecule has 3 nitrogen and oxygen atoms in total. The lowest BCUT2D eigenvalue weighted by atomic mass is 9.80. The average Bonchev–Trinajstić information content (AvgIpc) is 2.41. The lowest BCUT2D eigenvalue weighted by Crippen LogP contribution is -2.15. The Balaban J connectivity index is 2.29. The van der Waals surface area contributed by atoms with Gasteiger partial charge in [-0.3, -0.25) is 4.79 Å². The van der Waals surface area contributed by atoms with Crippen molar-refractivity contribution >= 4 is 5.97 Å². The number of carboxylic acid groups (broad SMARTS) is 1. The van der Waals surface area contributed by atoms with Crippen molar-refractivity contribution in [2.24, 2.45) is 11.3 Å². The number of ether oxygens (including phenoxy) is 1. The zero-order chi connectivity index (χ0) is 16.6. The van der Waals surface area contributed by atoms with E-state index >= 15 is 0 Å². The van der Waals surface area contributed by atoms with Crippen molar-refractivity contribution in [3.63, 3.8) is 0 Å². The highest BCUT2D eigenvalue weighted by molar-refractivity contribution is 5.67. The number of benzene rings is 1. The third-order valence-corrected chi connectivity index (χ3v) is 3.78. The molecule has 1 aromatic carbocycles. The molecule has 0 heterocycles. The molecule has 1 aromatic rings. The Morgan fingerprint density at radius 2 is 1.86 bits per heavy atom. The first-order valence-corrected chi connectivity index (χ1v) is 8.22. The molecule has 22 heavy (non-hydrogen) atoms. The fourth-order valence-corrected chi connectivity index (χ4v) is 2.95. The maximum atomic E-state index is 10.5. The Bertz CT molecular complexity index is 446. The van der Waals surface area contributed by atoms with Crippen LogP contribution in [0.15, 0.2) is 24.3 Å². The number of carboxylic acids is 1. The van der Waals surface area contributed by atoms with Gasteiger partial charge in [-0.25, -0.2) is 0 Å². The van der Waals surface area contributed by atoms with Crippen LogP contribution >= 0.6 is 0 Å². The third-order valence-electron chi connectivity index (χ3n) is 3.78. The summed E-state index contributed by atoms with van der Waals surface area (Å²) < 4.78 is 5.77. The molecule has 0 fully saturated rings. The van der Waals surface area contributed by atoms with Gasteiger partial charge in [0.2, 0.25) is 0 Å². The van der Waals surface area contributed by atoms with Crippen LogP contribution in [0.2, 0.25) is 0 Å². The molecule has 0 amide bonds. The van der Waals surface area contributed by atoms with E-state index in [0.29, 0.717) is 11.8 Å². The molecule has 0 unspecified atom stereocenters. The fourth-order valence-electron chi connectivity index (χ4n) is 2.95. The van der Waals surface area contributed by atoms with E-state index in [1.807, 2.05) is 24.3 Å². The summed E-state index contributed by atoms with van der Waals surface area (Å²) in [6.07, 6.45) is 4.21. The van der Waals surface area contributed by atoms with Crippen molar-refractivity contribution in [1.29, 1.82) is 0 Å². The first-order valence-electron chi connectivity index (χ1n) is 8.22. The van der Waals surface area contributed by atoms with Crippen molar-refractivity contribution in [3.8, 4) is 5.75 Å². The zero-order valence-corrected chi connectivity index (χ0v) is 14.4. The fraction of sp³-hybridized carbons (Fsp3) is 0.632. The standard InChI is InChI=1S/C19H30O3/c1-15(2)14-19(3,4)12-5-13-22-17-9-6-16(7-10-17)8-11-18(20)21/h6-7,9-10,15H,5,8,11-14H2,1-4H3,(H,20,21). The molecule has 0 radical (unpaired) electrons. The topological polar surface area (TPSA) is 46.5 Å². The minimum absolute atomic E-state index is 0.172. The van der Waals surface area contributed by atoms with Crippen LogP contribution < -0.4 is 4.74 Å². The molecule has 0 saturated heterocycles. The van der Waals surface area contributed by atoms with E-state index in [9.17, 15) is 4.79 Å². The lowest BCUT2D eigenvalue weighted by Gasteiger charge is -2.26. The predicted octanol–water partition coefficient (Wildman–Crippen LogP) is 4.94. The van der Waals surface area contributed by atoms with Crippen LogP contribution in [0.1, 0.15) is 58.9 Å². The van der Waals surface area contributed by atoms with Crippen LogP contribution in [0.25, 0.3) is 0 Å². The van der Waals surface area contributed by atoms with E-state index < -0.39 is 5.97 Å². The van der Waals surface area contributed by atoms with E-state index in [2.05, 4.69) is 27.7 Å². The van der Waals surface area contributed by atoms with E-state index in [4.69, 9.17) is 9.84 Å². The molecular weight excluding hydrogens is 276 g/mol. The number of aliphatic carboxylic acids is 1. The molecule has 0 saturated carbocycles. The molecule has 3 heteroatoms. The molecule has 0 spiro atoms. The maximum absolute atomic E-state index is 10.5. The summed E-state index contributed by atoms with van der Waals surface area (Å²) in [5, 5.41) is 8.67. The summed E-state index contributed by atoms with van der Waals surface area (Å²) >= 11 is 0. The van der Waals surface area contributed by atoms with Crippen LogP contribution in [0.3, 0.4) is 0 Å². The monoisotopic (exact) mass is 306 g/mol. The van der Waals surface area contributed by atoms with Gasteiger partial charge in [0.15, 0.2) is 0 Å². The van der Waals surface area contributed by atoms with Crippen LogP contribution in [0.4, 0.5) is 0 Å². The number of aryl methyl sites for hydroxylation is 1. The molecule has 1 N–H and O–H groups in total. The molecule has 0 aliphatic heterocycles. The molecule has 0 atom stereocenters. The summed E-state index contributed by atoms with van der Waals surface area (Å²) in [5.74, 6) is 0.833. The van der Waals surface area contributed by atoms with Gasteiger partial charge in [0.25, 0.3) is 0 Å². The minimum atomic E-state index is -0.760. The van der Waals surface area contributed by atoms with Crippen molar-refractivity contribution in [2.45, 2.75) is 59.8 Å². The minimum Gasteiger partial charge on any atom is -0.494 e. The van der Waals surface area contributed by atoms with Crippen molar-refractivity contribution in [2.75, 3.05) is 6.61 Å². The highest BCUT2D eigenvalue weighted by Gasteiger charge is 2.18. The molecule has 0 aliphatic carbocycles. The van der Waals surface area contributed by atoms with Crippen molar-refractivity contribution in [1.82, 2.24) is 0 Å². The summed E-state index contributed by atoms with van der Waals surface area (Å²) in [6, 6.07) is 7.74. The molecule has 0 aromatic heterocycles. The Hall–Kier alpha value is -1.51. The second-order valence-electron chi connectivity index (χ2n) is 7.25. The summed E-state index contributed by atoms with van der Waals surface area (Å²) in [7, 11) is 0. The van der Waals surface area contributed by atoms with Crippen LogP contribution in [-0.4, -0.2) is 17.7 Å². The SMILES string of the molecule is CC(C)CC(C)(C)CCCOc1ccc(CCC(=O)O)cc1. The van der Waals surface area contributed by atoms with Gasteiger partial charge < -0.3 is 9.84 Å². The zero-order valence-electron chi connectivity index (χ0n) is 14.4. The molecule has 124 valence electrons. The normalized spacial score (nSPS) is 11.7. The summed E-state index contributed by atoms with van der Waals surface area (Å²) in [6.45, 7) is 9.92. The number of carbonyl (C=O) groups is 1. The van der Waals surface area contributed by atoms with Gasteiger partial charge in [0, 0.05) is 6.42 Å². The first kappa shape index (κ1) is 18.5. The first-order chi connectivity index (χ1) is 10.3. The van der Waals surface area contributed by atoms with Gasteiger partial charge in [-0.1, -0.05) is 39.8 Å². The van der Waals surface area contributed by atoms with Gasteiger partial charge in [0.1, 0.15) is 5.75 Å². The Morgan fingerprint density at radius 3 is 2.41 bits per heavy atom. The molecule has 1 rings (SSSR count). The molecule has 0 bridgehead atoms. The van der Waals surface area contributed by atoms with E-state index in [1.165, 1.54) is 12.8 Å². The predicted molar refractivity (Wildman–Crippen MR) is 90.4 cm³/mol. The largest absolute Gasteiger partial charge is 0.494 e. The van der Waals surface area contributed by atoms with Crippen molar-refractivity contribution < 1.29 is 14.6 Å². The van der Waals surface area contributed by atoms with Crippen LogP contribution in [0.5, 0.6) is 5.75 Å². The van der Waals surface area contributed by atoms with Crippen molar-refractivity contribution in [3.05, 3.63) is 29.8 Å². The lowest BCUT2D eigenvalue weighted by molar-refractivity contribution is -0.136. The van der Waals surface area contributed by atoms with Gasteiger partial charge >= 0.3 is 5.97 Å². The summed E-state index contributed by atoms with van der Waals surface area (Å²) in [4.78, 5) is 10.5. The second kappa shape index (κ2) is 8.82. The number of rotatable bonds is 10. The third kappa shape index (κ3) is 8.06. The average molecular weight is 306 g/mol. The number of hydrogen-bond acceptors (Lipinski definition) is 2. The van der Waals surface area contributed by atoms with Crippen LogP contribution in [0, 0.1) is 11.3 Å². The van der Waals surface area contributed by atoms with Crippen LogP contribution in [-0.2, 0) is 11.2 Å². The van der Waals surface area contributed by atoms with Gasteiger partial charge in [0.05, 0.1) is 6.61 Å². The Labute approximate surface area is 134 Å². The quantitative estimate of drug-likeness (QED) is 0.623. The highest BCUT2D eigenvalue weighted by atomic mass is 16.5. The molecule has 0 aliphatic rings. The van der Waals surface area contributed by atoms with E-state index in [-0.39, 0.29) is 6.42 Å². The number of hydrogen-bond donors (Lipinski definition) is 1. The van der Waals surface area contributed by atoms with E-state index in [1.54, 1.807) is 0 Å². The van der Waals surface area contributed by atoms with E-state index in [0.717, 1.165) is 30.3 Å². The Kier molecular flexibility index (Phi) is 7.43. The molecular formula is C19H30O3. The summed E-state index contributed by atoms with van der Waals surface area (Å²) in [5.41, 5.74) is 1.41. The van der Waals surface area contributed by atoms with Gasteiger partial charge in [-0.15, -0.1) is 0 Å². The van der Waals surface area contributed by atoms with Gasteiger partial charge in [-0.05, 0) is 54.7 Å². The smallest absolute Gasteiger partial charge is 0.303 e. The highest BCUT2D eigenvalue weighted by Crippen LogP contribution is 2.30. The Morgan fingerprint density at radius 1 is 1.23 bits per heavy atom. The van der Waals surface area contributed by atoms with Gasteiger partial charge in [-0.2, -0.15) is 0 Å².